The topological polar surface area (TPSA) is 63.8 Å². The Kier molecular flexibility index (Phi) is 3.63. The van der Waals surface area contributed by atoms with Crippen LogP contribution in [0.25, 0.3) is 11.4 Å². The van der Waals surface area contributed by atoms with Gasteiger partial charge in [0.2, 0.25) is 11.7 Å². The predicted octanol–water partition coefficient (Wildman–Crippen LogP) is 1.80. The molecule has 2 aromatic heterocycles. The monoisotopic (exact) mass is 266 g/mol. The van der Waals surface area contributed by atoms with Crippen LogP contribution in [-0.4, -0.2) is 28.2 Å². The molecule has 0 saturated carbocycles. The van der Waals surface area contributed by atoms with Crippen LogP contribution >= 0.6 is 12.4 Å². The highest BCUT2D eigenvalue weighted by molar-refractivity contribution is 5.85. The molecule has 1 aliphatic heterocycles. The molecule has 0 aliphatic carbocycles. The number of hydrogen-bond acceptors (Lipinski definition) is 5. The van der Waals surface area contributed by atoms with Gasteiger partial charge in [-0.3, -0.25) is 4.98 Å². The lowest BCUT2D eigenvalue weighted by molar-refractivity contribution is 0.306. The van der Waals surface area contributed by atoms with Gasteiger partial charge in [-0.2, -0.15) is 4.98 Å². The molecule has 1 N–H and O–H groups in total. The van der Waals surface area contributed by atoms with Crippen LogP contribution in [0.4, 0.5) is 0 Å². The summed E-state index contributed by atoms with van der Waals surface area (Å²) in [5.41, 5.74) is 0.905. The lowest BCUT2D eigenvalue weighted by atomic mass is 9.90. The van der Waals surface area contributed by atoms with E-state index >= 15 is 0 Å². The highest BCUT2D eigenvalue weighted by atomic mass is 35.5. The quantitative estimate of drug-likeness (QED) is 0.898. The van der Waals surface area contributed by atoms with Crippen LogP contribution in [0, 0.1) is 0 Å². The number of halogens is 1. The Morgan fingerprint density at radius 2 is 2.11 bits per heavy atom. The zero-order chi connectivity index (χ0) is 11.7. The fourth-order valence-corrected chi connectivity index (χ4v) is 2.09. The Bertz CT molecular complexity index is 508. The first-order valence-electron chi connectivity index (χ1n) is 5.73. The molecule has 1 fully saturated rings. The van der Waals surface area contributed by atoms with Gasteiger partial charge < -0.3 is 9.84 Å². The number of nitrogens with one attached hydrogen (secondary N) is 1. The Labute approximate surface area is 111 Å². The van der Waals surface area contributed by atoms with Crippen molar-refractivity contribution in [1.82, 2.24) is 20.4 Å². The van der Waals surface area contributed by atoms with Crippen molar-refractivity contribution in [3.8, 4) is 11.4 Å². The minimum Gasteiger partial charge on any atom is -0.338 e. The minimum atomic E-state index is -0.0295. The highest BCUT2D eigenvalue weighted by Gasteiger charge is 2.36. The smallest absolute Gasteiger partial charge is 0.234 e. The van der Waals surface area contributed by atoms with Crippen molar-refractivity contribution in [3.05, 3.63) is 30.4 Å². The first-order valence-corrected chi connectivity index (χ1v) is 5.73. The van der Waals surface area contributed by atoms with E-state index in [1.165, 1.54) is 0 Å². The molecule has 1 aliphatic rings. The molecule has 5 nitrogen and oxygen atoms in total. The van der Waals surface area contributed by atoms with Crippen LogP contribution in [-0.2, 0) is 5.41 Å². The van der Waals surface area contributed by atoms with Crippen LogP contribution in [0.5, 0.6) is 0 Å². The number of aromatic nitrogens is 3. The van der Waals surface area contributed by atoms with Gasteiger partial charge in [-0.05, 0) is 32.0 Å². The maximum Gasteiger partial charge on any atom is 0.234 e. The van der Waals surface area contributed by atoms with Crippen molar-refractivity contribution in [2.75, 3.05) is 13.1 Å². The van der Waals surface area contributed by atoms with Crippen molar-refractivity contribution < 1.29 is 4.52 Å². The molecule has 0 amide bonds. The summed E-state index contributed by atoms with van der Waals surface area (Å²) >= 11 is 0. The summed E-state index contributed by atoms with van der Waals surface area (Å²) in [5.74, 6) is 1.35. The first-order chi connectivity index (χ1) is 8.28. The predicted molar refractivity (Wildman–Crippen MR) is 69.6 cm³/mol. The van der Waals surface area contributed by atoms with E-state index < -0.39 is 0 Å². The van der Waals surface area contributed by atoms with E-state index in [9.17, 15) is 0 Å². The molecule has 1 atom stereocenters. The molecule has 0 bridgehead atoms. The number of pyridine rings is 1. The van der Waals surface area contributed by atoms with Gasteiger partial charge >= 0.3 is 0 Å². The molecule has 3 rings (SSSR count). The van der Waals surface area contributed by atoms with Gasteiger partial charge in [0.05, 0.1) is 5.41 Å². The molecule has 6 heteroatoms. The van der Waals surface area contributed by atoms with E-state index in [1.54, 1.807) is 12.4 Å². The third-order valence-corrected chi connectivity index (χ3v) is 3.25. The summed E-state index contributed by atoms with van der Waals surface area (Å²) in [4.78, 5) is 8.46. The van der Waals surface area contributed by atoms with Crippen molar-refractivity contribution in [2.24, 2.45) is 0 Å². The molecule has 2 aromatic rings. The second-order valence-corrected chi connectivity index (χ2v) is 4.65. The average molecular weight is 267 g/mol. The zero-order valence-corrected chi connectivity index (χ0v) is 10.9. The second kappa shape index (κ2) is 5.04. The summed E-state index contributed by atoms with van der Waals surface area (Å²) in [6.07, 6.45) is 4.49. The van der Waals surface area contributed by atoms with E-state index in [-0.39, 0.29) is 17.8 Å². The summed E-state index contributed by atoms with van der Waals surface area (Å²) in [5, 5.41) is 7.36. The van der Waals surface area contributed by atoms with Gasteiger partial charge in [0.25, 0.3) is 0 Å². The Morgan fingerprint density at radius 1 is 1.33 bits per heavy atom. The molecule has 3 heterocycles. The molecule has 96 valence electrons. The highest BCUT2D eigenvalue weighted by Crippen LogP contribution is 2.29. The molecule has 18 heavy (non-hydrogen) atoms. The molecule has 0 aromatic carbocycles. The van der Waals surface area contributed by atoms with E-state index in [4.69, 9.17) is 4.52 Å². The fourth-order valence-electron chi connectivity index (χ4n) is 2.09. The molecular weight excluding hydrogens is 252 g/mol. The Morgan fingerprint density at radius 3 is 2.78 bits per heavy atom. The fraction of sp³-hybridized carbons (Fsp3) is 0.417. The van der Waals surface area contributed by atoms with Crippen molar-refractivity contribution in [3.63, 3.8) is 0 Å². The third-order valence-electron chi connectivity index (χ3n) is 3.25. The average Bonchev–Trinajstić information content (AvgIpc) is 2.99. The van der Waals surface area contributed by atoms with Gasteiger partial charge in [0.15, 0.2) is 0 Å². The van der Waals surface area contributed by atoms with E-state index in [2.05, 4.69) is 27.4 Å². The van der Waals surface area contributed by atoms with Crippen LogP contribution in [0.1, 0.15) is 19.2 Å². The molecule has 0 radical (unpaired) electrons. The van der Waals surface area contributed by atoms with Gasteiger partial charge in [-0.25, -0.2) is 0 Å². The second-order valence-electron chi connectivity index (χ2n) is 4.65. The maximum absolute atomic E-state index is 5.38. The minimum absolute atomic E-state index is 0. The molecule has 0 spiro atoms. The van der Waals surface area contributed by atoms with Crippen molar-refractivity contribution in [1.29, 1.82) is 0 Å². The zero-order valence-electron chi connectivity index (χ0n) is 10.1. The van der Waals surface area contributed by atoms with Crippen molar-refractivity contribution in [2.45, 2.75) is 18.8 Å². The number of rotatable bonds is 2. The van der Waals surface area contributed by atoms with E-state index in [0.29, 0.717) is 11.7 Å². The van der Waals surface area contributed by atoms with Crippen LogP contribution in [0.3, 0.4) is 0 Å². The maximum atomic E-state index is 5.38. The van der Waals surface area contributed by atoms with Crippen LogP contribution in [0.2, 0.25) is 0 Å². The summed E-state index contributed by atoms with van der Waals surface area (Å²) in [6.45, 7) is 4.05. The number of nitrogens with zero attached hydrogens (tertiary/aromatic N) is 3. The SMILES string of the molecule is CC1(c2nc(-c3ccncc3)no2)CCNC1.Cl. The van der Waals surface area contributed by atoms with E-state index in [1.807, 2.05) is 12.1 Å². The number of hydrogen-bond donors (Lipinski definition) is 1. The lowest BCUT2D eigenvalue weighted by Crippen LogP contribution is -2.25. The summed E-state index contributed by atoms with van der Waals surface area (Å²) < 4.78 is 5.38. The molecule has 1 unspecified atom stereocenters. The summed E-state index contributed by atoms with van der Waals surface area (Å²) in [6, 6.07) is 3.76. The normalized spacial score (nSPS) is 22.7. The van der Waals surface area contributed by atoms with E-state index in [0.717, 1.165) is 25.1 Å². The van der Waals surface area contributed by atoms with Gasteiger partial charge in [-0.15, -0.1) is 12.4 Å². The third kappa shape index (κ3) is 2.23. The largest absolute Gasteiger partial charge is 0.338 e. The van der Waals surface area contributed by atoms with Gasteiger partial charge in [0.1, 0.15) is 0 Å². The first kappa shape index (κ1) is 13.0. The van der Waals surface area contributed by atoms with Crippen LogP contribution in [0.15, 0.2) is 29.0 Å². The summed E-state index contributed by atoms with van der Waals surface area (Å²) in [7, 11) is 0. The standard InChI is InChI=1S/C12H14N4O.ClH/c1-12(4-7-14-8-12)11-15-10(16-17-11)9-2-5-13-6-3-9;/h2-3,5-6,14H,4,7-8H2,1H3;1H. The van der Waals surface area contributed by atoms with Gasteiger partial charge in [-0.1, -0.05) is 5.16 Å². The molecular formula is C12H15ClN4O. The lowest BCUT2D eigenvalue weighted by Gasteiger charge is -2.15. The Balaban J connectivity index is 0.00000120. The van der Waals surface area contributed by atoms with Gasteiger partial charge in [0, 0.05) is 24.5 Å². The Hall–Kier alpha value is -1.46. The molecule has 1 saturated heterocycles. The van der Waals surface area contributed by atoms with Crippen molar-refractivity contribution >= 4 is 12.4 Å². The van der Waals surface area contributed by atoms with Crippen LogP contribution < -0.4 is 5.32 Å².